The Morgan fingerprint density at radius 1 is 1.14 bits per heavy atom. The van der Waals surface area contributed by atoms with Crippen molar-refractivity contribution in [2.24, 2.45) is 0 Å². The zero-order chi connectivity index (χ0) is 19.9. The molecule has 1 amide bonds. The maximum atomic E-state index is 12.8. The van der Waals surface area contributed by atoms with Crippen LogP contribution in [-0.4, -0.2) is 28.8 Å². The number of nitrogens with zero attached hydrogens (tertiary/aromatic N) is 2. The molecule has 3 rings (SSSR count). The van der Waals surface area contributed by atoms with Crippen molar-refractivity contribution in [2.45, 2.75) is 39.2 Å². The quantitative estimate of drug-likeness (QED) is 0.640. The van der Waals surface area contributed by atoms with Crippen LogP contribution in [0.2, 0.25) is 0 Å². The number of nitrogens with one attached hydrogen (secondary N) is 1. The normalized spacial score (nSPS) is 11.8. The second kappa shape index (κ2) is 9.22. The van der Waals surface area contributed by atoms with E-state index in [1.807, 2.05) is 61.0 Å². The molecule has 5 heteroatoms. The first-order valence-electron chi connectivity index (χ1n) is 9.68. The number of para-hydroxylation sites is 1. The number of methoxy groups -OCH3 is 1. The third-order valence-corrected chi connectivity index (χ3v) is 4.85. The Morgan fingerprint density at radius 3 is 2.50 bits per heavy atom. The number of benzene rings is 2. The number of aryl methyl sites for hydroxylation is 1. The fourth-order valence-electron chi connectivity index (χ4n) is 3.24. The maximum Gasteiger partial charge on any atom is 0.254 e. The van der Waals surface area contributed by atoms with Crippen molar-refractivity contribution < 1.29 is 9.53 Å². The van der Waals surface area contributed by atoms with Gasteiger partial charge >= 0.3 is 0 Å². The molecule has 0 radical (unpaired) electrons. The molecule has 2 aromatic carbocycles. The Balaban J connectivity index is 1.63. The van der Waals surface area contributed by atoms with Gasteiger partial charge < -0.3 is 10.1 Å². The number of rotatable bonds is 8. The fourth-order valence-corrected chi connectivity index (χ4v) is 3.24. The first-order valence-corrected chi connectivity index (χ1v) is 9.68. The number of carbonyl (C=O) groups is 1. The zero-order valence-corrected chi connectivity index (χ0v) is 16.7. The maximum absolute atomic E-state index is 12.8. The van der Waals surface area contributed by atoms with Crippen LogP contribution in [0.25, 0.3) is 5.69 Å². The Kier molecular flexibility index (Phi) is 6.48. The van der Waals surface area contributed by atoms with E-state index in [2.05, 4.69) is 22.5 Å². The lowest BCUT2D eigenvalue weighted by molar-refractivity contribution is 0.0937. The number of aromatic nitrogens is 2. The molecular weight excluding hydrogens is 350 g/mol. The van der Waals surface area contributed by atoms with Gasteiger partial charge in [-0.2, -0.15) is 5.10 Å². The van der Waals surface area contributed by atoms with E-state index in [1.54, 1.807) is 13.3 Å². The van der Waals surface area contributed by atoms with Crippen molar-refractivity contribution in [1.82, 2.24) is 15.1 Å². The Morgan fingerprint density at radius 2 is 1.86 bits per heavy atom. The topological polar surface area (TPSA) is 56.1 Å². The van der Waals surface area contributed by atoms with E-state index in [0.29, 0.717) is 5.56 Å². The van der Waals surface area contributed by atoms with Crippen LogP contribution in [0.5, 0.6) is 5.75 Å². The average Bonchev–Trinajstić information content (AvgIpc) is 3.17. The highest BCUT2D eigenvalue weighted by molar-refractivity contribution is 5.95. The smallest absolute Gasteiger partial charge is 0.254 e. The standard InChI is InChI=1S/C23H27N3O2/c1-4-22-21(16-24-26(22)19-8-6-5-7-9-19)23(27)25-17(2)10-11-18-12-14-20(28-3)15-13-18/h5-9,12-17H,4,10-11H2,1-3H3,(H,25,27). The van der Waals surface area contributed by atoms with Crippen LogP contribution < -0.4 is 10.1 Å². The molecule has 0 aliphatic heterocycles. The lowest BCUT2D eigenvalue weighted by atomic mass is 10.1. The van der Waals surface area contributed by atoms with E-state index in [4.69, 9.17) is 4.74 Å². The van der Waals surface area contributed by atoms with E-state index in [-0.39, 0.29) is 11.9 Å². The van der Waals surface area contributed by atoms with E-state index < -0.39 is 0 Å². The first-order chi connectivity index (χ1) is 13.6. The summed E-state index contributed by atoms with van der Waals surface area (Å²) in [5.41, 5.74) is 3.76. The summed E-state index contributed by atoms with van der Waals surface area (Å²) in [7, 11) is 1.66. The van der Waals surface area contributed by atoms with Crippen molar-refractivity contribution >= 4 is 5.91 Å². The van der Waals surface area contributed by atoms with Crippen molar-refractivity contribution in [3.05, 3.63) is 77.6 Å². The van der Waals surface area contributed by atoms with Crippen molar-refractivity contribution in [2.75, 3.05) is 7.11 Å². The number of hydrogen-bond acceptors (Lipinski definition) is 3. The lowest BCUT2D eigenvalue weighted by Crippen LogP contribution is -2.33. The number of amides is 1. The summed E-state index contributed by atoms with van der Waals surface area (Å²) in [6.07, 6.45) is 4.16. The second-order valence-electron chi connectivity index (χ2n) is 6.87. The molecule has 0 bridgehead atoms. The Labute approximate surface area is 166 Å². The molecule has 0 aliphatic carbocycles. The summed E-state index contributed by atoms with van der Waals surface area (Å²) in [4.78, 5) is 12.8. The van der Waals surface area contributed by atoms with Gasteiger partial charge in [0.05, 0.1) is 30.3 Å². The summed E-state index contributed by atoms with van der Waals surface area (Å²) in [5.74, 6) is 0.786. The van der Waals surface area contributed by atoms with E-state index in [1.165, 1.54) is 5.56 Å². The van der Waals surface area contributed by atoms with Gasteiger partial charge in [-0.25, -0.2) is 4.68 Å². The molecule has 146 valence electrons. The zero-order valence-electron chi connectivity index (χ0n) is 16.7. The fraction of sp³-hybridized carbons (Fsp3) is 0.304. The molecule has 3 aromatic rings. The van der Waals surface area contributed by atoms with Gasteiger partial charge in [0.15, 0.2) is 0 Å². The molecule has 28 heavy (non-hydrogen) atoms. The number of carbonyl (C=O) groups excluding carboxylic acids is 1. The number of hydrogen-bond donors (Lipinski definition) is 1. The van der Waals surface area contributed by atoms with Crippen LogP contribution in [0.15, 0.2) is 60.8 Å². The van der Waals surface area contributed by atoms with Gasteiger partial charge in [0.25, 0.3) is 5.91 Å². The third-order valence-electron chi connectivity index (χ3n) is 4.85. The SMILES string of the molecule is CCc1c(C(=O)NC(C)CCc2ccc(OC)cc2)cnn1-c1ccccc1. The summed E-state index contributed by atoms with van der Waals surface area (Å²) in [6.45, 7) is 4.08. The summed E-state index contributed by atoms with van der Waals surface area (Å²) in [5, 5.41) is 7.55. The number of ether oxygens (including phenoxy) is 1. The van der Waals surface area contributed by atoms with Crippen LogP contribution in [0.4, 0.5) is 0 Å². The molecule has 1 atom stereocenters. The monoisotopic (exact) mass is 377 g/mol. The molecule has 0 fully saturated rings. The first kappa shape index (κ1) is 19.7. The van der Waals surface area contributed by atoms with Gasteiger partial charge in [-0.1, -0.05) is 37.3 Å². The molecule has 1 heterocycles. The molecule has 5 nitrogen and oxygen atoms in total. The van der Waals surface area contributed by atoms with Crippen molar-refractivity contribution in [3.8, 4) is 11.4 Å². The molecule has 0 spiro atoms. The highest BCUT2D eigenvalue weighted by Crippen LogP contribution is 2.17. The second-order valence-corrected chi connectivity index (χ2v) is 6.87. The van der Waals surface area contributed by atoms with Gasteiger partial charge in [-0.3, -0.25) is 4.79 Å². The third kappa shape index (κ3) is 4.60. The summed E-state index contributed by atoms with van der Waals surface area (Å²) >= 11 is 0. The highest BCUT2D eigenvalue weighted by Gasteiger charge is 2.18. The molecule has 1 aromatic heterocycles. The Bertz CT molecular complexity index is 901. The largest absolute Gasteiger partial charge is 0.497 e. The molecule has 0 aliphatic rings. The highest BCUT2D eigenvalue weighted by atomic mass is 16.5. The van der Waals surface area contributed by atoms with Gasteiger partial charge in [-0.05, 0) is 56.0 Å². The minimum atomic E-state index is -0.0683. The predicted molar refractivity (Wildman–Crippen MR) is 111 cm³/mol. The van der Waals surface area contributed by atoms with Crippen molar-refractivity contribution in [3.63, 3.8) is 0 Å². The van der Waals surface area contributed by atoms with E-state index in [9.17, 15) is 4.79 Å². The molecule has 0 saturated heterocycles. The summed E-state index contributed by atoms with van der Waals surface area (Å²) in [6, 6.07) is 18.0. The predicted octanol–water partition coefficient (Wildman–Crippen LogP) is 4.19. The summed E-state index contributed by atoms with van der Waals surface area (Å²) < 4.78 is 7.03. The van der Waals surface area contributed by atoms with Crippen LogP contribution in [0.1, 0.15) is 41.9 Å². The lowest BCUT2D eigenvalue weighted by Gasteiger charge is -2.14. The van der Waals surface area contributed by atoms with Crippen LogP contribution in [0, 0.1) is 0 Å². The van der Waals surface area contributed by atoms with Crippen LogP contribution >= 0.6 is 0 Å². The van der Waals surface area contributed by atoms with Crippen LogP contribution in [0.3, 0.4) is 0 Å². The molecule has 1 N–H and O–H groups in total. The van der Waals surface area contributed by atoms with Crippen LogP contribution in [-0.2, 0) is 12.8 Å². The van der Waals surface area contributed by atoms with E-state index >= 15 is 0 Å². The minimum absolute atomic E-state index is 0.0683. The van der Waals surface area contributed by atoms with Gasteiger partial charge in [0, 0.05) is 6.04 Å². The van der Waals surface area contributed by atoms with Crippen molar-refractivity contribution in [1.29, 1.82) is 0 Å². The van der Waals surface area contributed by atoms with Gasteiger partial charge in [0.1, 0.15) is 5.75 Å². The average molecular weight is 377 g/mol. The Hall–Kier alpha value is -3.08. The van der Waals surface area contributed by atoms with Gasteiger partial charge in [-0.15, -0.1) is 0 Å². The minimum Gasteiger partial charge on any atom is -0.497 e. The van der Waals surface area contributed by atoms with Gasteiger partial charge in [0.2, 0.25) is 0 Å². The molecule has 0 saturated carbocycles. The molecular formula is C23H27N3O2. The molecule has 1 unspecified atom stereocenters. The van der Waals surface area contributed by atoms with E-state index in [0.717, 1.165) is 36.4 Å².